The van der Waals surface area contributed by atoms with Crippen LogP contribution in [0.2, 0.25) is 5.02 Å². The maximum Gasteiger partial charge on any atom is 0.373 e. The van der Waals surface area contributed by atoms with Crippen molar-refractivity contribution in [2.45, 2.75) is 13.0 Å². The van der Waals surface area contributed by atoms with Crippen LogP contribution in [0, 0.1) is 11.3 Å². The van der Waals surface area contributed by atoms with Crippen molar-refractivity contribution in [3.8, 4) is 6.07 Å². The zero-order chi connectivity index (χ0) is 15.4. The number of ether oxygens (including phenoxy) is 1. The molecule has 21 heavy (non-hydrogen) atoms. The normalized spacial score (nSPS) is 11.5. The molecule has 0 aliphatic heterocycles. The summed E-state index contributed by atoms with van der Waals surface area (Å²) in [5, 5.41) is 12.4. The van der Waals surface area contributed by atoms with Gasteiger partial charge in [-0.1, -0.05) is 11.6 Å². The van der Waals surface area contributed by atoms with E-state index in [-0.39, 0.29) is 11.8 Å². The molecule has 108 valence electrons. The molecule has 0 aliphatic rings. The summed E-state index contributed by atoms with van der Waals surface area (Å²) in [5.41, 5.74) is 1.17. The van der Waals surface area contributed by atoms with Crippen LogP contribution in [0.5, 0.6) is 0 Å². The molecule has 0 spiro atoms. The topological polar surface area (TPSA) is 75.3 Å². The molecule has 1 aromatic heterocycles. The first-order valence-corrected chi connectivity index (χ1v) is 6.57. The van der Waals surface area contributed by atoms with E-state index in [1.54, 1.807) is 30.3 Å². The number of hydrogen-bond donors (Lipinski definition) is 1. The number of nitrogens with one attached hydrogen (secondary N) is 1. The molecule has 0 saturated heterocycles. The second-order valence-corrected chi connectivity index (χ2v) is 4.77. The molecule has 0 fully saturated rings. The van der Waals surface area contributed by atoms with E-state index in [2.05, 4.69) is 10.1 Å². The number of anilines is 1. The fourth-order valence-electron chi connectivity index (χ4n) is 1.81. The molecule has 1 N–H and O–H groups in total. The first-order chi connectivity index (χ1) is 10.0. The van der Waals surface area contributed by atoms with Crippen molar-refractivity contribution in [3.63, 3.8) is 0 Å². The van der Waals surface area contributed by atoms with E-state index in [0.717, 1.165) is 5.69 Å². The summed E-state index contributed by atoms with van der Waals surface area (Å²) in [5.74, 6) is 0.227. The molecule has 1 atom stereocenters. The van der Waals surface area contributed by atoms with E-state index in [9.17, 15) is 4.79 Å². The van der Waals surface area contributed by atoms with Crippen molar-refractivity contribution in [1.82, 2.24) is 0 Å². The number of nitriles is 1. The van der Waals surface area contributed by atoms with Gasteiger partial charge in [-0.3, -0.25) is 0 Å². The Morgan fingerprint density at radius 1 is 1.43 bits per heavy atom. The third kappa shape index (κ3) is 3.36. The average Bonchev–Trinajstić information content (AvgIpc) is 2.96. The van der Waals surface area contributed by atoms with Gasteiger partial charge in [-0.15, -0.1) is 0 Å². The zero-order valence-corrected chi connectivity index (χ0v) is 12.3. The number of benzene rings is 1. The lowest BCUT2D eigenvalue weighted by atomic mass is 10.2. The van der Waals surface area contributed by atoms with E-state index in [4.69, 9.17) is 21.3 Å². The minimum atomic E-state index is -0.519. The molecular formula is C15H13ClN2O3. The molecule has 0 aliphatic carbocycles. The lowest BCUT2D eigenvalue weighted by molar-refractivity contribution is 0.0562. The minimum Gasteiger partial charge on any atom is -0.463 e. The Balaban J connectivity index is 2.12. The molecule has 5 nitrogen and oxygen atoms in total. The summed E-state index contributed by atoms with van der Waals surface area (Å²) < 4.78 is 10.0. The number of nitrogens with zero attached hydrogens (tertiary/aromatic N) is 1. The van der Waals surface area contributed by atoms with Crippen molar-refractivity contribution in [1.29, 1.82) is 5.26 Å². The second-order valence-electron chi connectivity index (χ2n) is 4.37. The summed E-state index contributed by atoms with van der Waals surface area (Å²) >= 11 is 5.98. The Hall–Kier alpha value is -2.45. The Morgan fingerprint density at radius 2 is 2.19 bits per heavy atom. The quantitative estimate of drug-likeness (QED) is 0.870. The minimum absolute atomic E-state index is 0.152. The van der Waals surface area contributed by atoms with Crippen molar-refractivity contribution in [2.24, 2.45) is 0 Å². The van der Waals surface area contributed by atoms with E-state index in [1.807, 2.05) is 13.0 Å². The number of carbonyl (C=O) groups excluding carboxylic acids is 1. The van der Waals surface area contributed by atoms with Crippen molar-refractivity contribution >= 4 is 23.3 Å². The summed E-state index contributed by atoms with van der Waals surface area (Å²) in [6.45, 7) is 1.88. The number of rotatable bonds is 4. The third-order valence-electron chi connectivity index (χ3n) is 2.91. The van der Waals surface area contributed by atoms with Crippen molar-refractivity contribution in [3.05, 3.63) is 52.4 Å². The highest BCUT2D eigenvalue weighted by Gasteiger charge is 2.15. The standard InChI is InChI=1S/C15H13ClN2O3/c1-9(13-5-6-14(21-13)15(19)20-2)18-11-4-3-10(8-17)12(16)7-11/h3-7,9,18H,1-2H3. The Kier molecular flexibility index (Phi) is 4.51. The average molecular weight is 305 g/mol. The molecule has 1 aromatic carbocycles. The molecule has 2 aromatic rings. The molecule has 0 saturated carbocycles. The van der Waals surface area contributed by atoms with Crippen LogP contribution in [0.4, 0.5) is 5.69 Å². The van der Waals surface area contributed by atoms with Crippen LogP contribution >= 0.6 is 11.6 Å². The van der Waals surface area contributed by atoms with E-state index >= 15 is 0 Å². The number of methoxy groups -OCH3 is 1. The van der Waals surface area contributed by atoms with Gasteiger partial charge in [-0.2, -0.15) is 5.26 Å². The first kappa shape index (κ1) is 14.9. The largest absolute Gasteiger partial charge is 0.463 e. The molecule has 6 heteroatoms. The van der Waals surface area contributed by atoms with Crippen LogP contribution in [-0.4, -0.2) is 13.1 Å². The van der Waals surface area contributed by atoms with E-state index in [1.165, 1.54) is 7.11 Å². The fourth-order valence-corrected chi connectivity index (χ4v) is 2.04. The Bertz CT molecular complexity index is 703. The van der Waals surface area contributed by atoms with Gasteiger partial charge in [0.1, 0.15) is 11.8 Å². The van der Waals surface area contributed by atoms with Crippen molar-refractivity contribution in [2.75, 3.05) is 12.4 Å². The molecule has 0 amide bonds. The number of furan rings is 1. The predicted octanol–water partition coefficient (Wildman–Crippen LogP) is 3.76. The number of halogens is 1. The molecular weight excluding hydrogens is 292 g/mol. The van der Waals surface area contributed by atoms with Crippen LogP contribution < -0.4 is 5.32 Å². The van der Waals surface area contributed by atoms with Crippen molar-refractivity contribution < 1.29 is 13.9 Å². The molecule has 0 bridgehead atoms. The molecule has 1 heterocycles. The summed E-state index contributed by atoms with van der Waals surface area (Å²) in [6.07, 6.45) is 0. The van der Waals surface area contributed by atoms with Gasteiger partial charge >= 0.3 is 5.97 Å². The highest BCUT2D eigenvalue weighted by atomic mass is 35.5. The molecule has 2 rings (SSSR count). The van der Waals surface area contributed by atoms with Gasteiger partial charge in [0.2, 0.25) is 5.76 Å². The number of carbonyl (C=O) groups is 1. The summed E-state index contributed by atoms with van der Waals surface area (Å²) in [6, 6.07) is 10.2. The van der Waals surface area contributed by atoms with Crippen LogP contribution in [0.1, 0.15) is 34.8 Å². The highest BCUT2D eigenvalue weighted by molar-refractivity contribution is 6.32. The molecule has 0 radical (unpaired) electrons. The van der Waals surface area contributed by atoms with Gasteiger partial charge in [0.05, 0.1) is 23.7 Å². The maximum atomic E-state index is 11.3. The van der Waals surface area contributed by atoms with E-state index in [0.29, 0.717) is 16.3 Å². The zero-order valence-electron chi connectivity index (χ0n) is 11.5. The lowest BCUT2D eigenvalue weighted by Crippen LogP contribution is -2.06. The fraction of sp³-hybridized carbons (Fsp3) is 0.200. The van der Waals surface area contributed by atoms with Gasteiger partial charge in [0, 0.05) is 5.69 Å². The summed E-state index contributed by atoms with van der Waals surface area (Å²) in [7, 11) is 1.30. The number of esters is 1. The van der Waals surface area contributed by atoms with Gasteiger partial charge in [-0.05, 0) is 37.3 Å². The predicted molar refractivity (Wildman–Crippen MR) is 78.3 cm³/mol. The van der Waals surface area contributed by atoms with Crippen LogP contribution in [0.15, 0.2) is 34.7 Å². The SMILES string of the molecule is COC(=O)c1ccc(C(C)Nc2ccc(C#N)c(Cl)c2)o1. The molecule has 1 unspecified atom stereocenters. The highest BCUT2D eigenvalue weighted by Crippen LogP contribution is 2.25. The second kappa shape index (κ2) is 6.33. The number of hydrogen-bond acceptors (Lipinski definition) is 5. The summed E-state index contributed by atoms with van der Waals surface area (Å²) in [4.78, 5) is 11.3. The monoisotopic (exact) mass is 304 g/mol. The lowest BCUT2D eigenvalue weighted by Gasteiger charge is -2.13. The third-order valence-corrected chi connectivity index (χ3v) is 3.23. The first-order valence-electron chi connectivity index (χ1n) is 6.19. The van der Waals surface area contributed by atoms with Crippen LogP contribution in [0.3, 0.4) is 0 Å². The van der Waals surface area contributed by atoms with E-state index < -0.39 is 5.97 Å². The Morgan fingerprint density at radius 3 is 2.81 bits per heavy atom. The van der Waals surface area contributed by atoms with Crippen LogP contribution in [-0.2, 0) is 4.74 Å². The Labute approximate surface area is 127 Å². The van der Waals surface area contributed by atoms with Gasteiger partial charge in [-0.25, -0.2) is 4.79 Å². The van der Waals surface area contributed by atoms with Gasteiger partial charge < -0.3 is 14.5 Å². The van der Waals surface area contributed by atoms with Gasteiger partial charge in [0.25, 0.3) is 0 Å². The van der Waals surface area contributed by atoms with Gasteiger partial charge in [0.15, 0.2) is 0 Å². The smallest absolute Gasteiger partial charge is 0.373 e. The van der Waals surface area contributed by atoms with Crippen LogP contribution in [0.25, 0.3) is 0 Å². The maximum absolute atomic E-state index is 11.3.